The molecular weight excluding hydrogens is 654 g/mol. The van der Waals surface area contributed by atoms with E-state index in [2.05, 4.69) is 32.2 Å². The van der Waals surface area contributed by atoms with Gasteiger partial charge in [-0.15, -0.1) is 12.4 Å². The van der Waals surface area contributed by atoms with Crippen LogP contribution in [0.15, 0.2) is 54.7 Å². The highest BCUT2D eigenvalue weighted by atomic mass is 35.5. The Kier molecular flexibility index (Phi) is 13.7. The summed E-state index contributed by atoms with van der Waals surface area (Å²) in [5.74, 6) is -2.01. The third-order valence-corrected chi connectivity index (χ3v) is 9.20. The molecule has 1 saturated heterocycles. The minimum absolute atomic E-state index is 0. The number of urea groups is 1. The number of nitrogens with zero attached hydrogens (tertiary/aromatic N) is 2. The number of anilines is 2. The molecule has 1 fully saturated rings. The molecule has 256 valence electrons. The average Bonchev–Trinajstić information content (AvgIpc) is 3.02. The topological polar surface area (TPSA) is 156 Å². The van der Waals surface area contributed by atoms with Crippen molar-refractivity contribution in [2.75, 3.05) is 28.9 Å². The van der Waals surface area contributed by atoms with E-state index in [9.17, 15) is 26.8 Å². The molecule has 1 unspecified atom stereocenters. The lowest BCUT2D eigenvalue weighted by molar-refractivity contribution is 0.0996. The molecule has 11 nitrogen and oxygen atoms in total. The van der Waals surface area contributed by atoms with Crippen LogP contribution in [0.2, 0.25) is 0 Å². The second kappa shape index (κ2) is 17.2. The summed E-state index contributed by atoms with van der Waals surface area (Å²) in [5.41, 5.74) is 5.80. The van der Waals surface area contributed by atoms with Crippen LogP contribution in [0.4, 0.5) is 25.0 Å². The van der Waals surface area contributed by atoms with Gasteiger partial charge in [0.2, 0.25) is 15.9 Å². The summed E-state index contributed by atoms with van der Waals surface area (Å²) >= 11 is 0. The van der Waals surface area contributed by atoms with Crippen LogP contribution in [-0.4, -0.2) is 55.1 Å². The second-order valence-corrected chi connectivity index (χ2v) is 13.3. The highest BCUT2D eigenvalue weighted by molar-refractivity contribution is 7.92. The van der Waals surface area contributed by atoms with Crippen molar-refractivity contribution < 1.29 is 31.5 Å². The molecule has 1 aliphatic rings. The van der Waals surface area contributed by atoms with Crippen molar-refractivity contribution in [3.63, 3.8) is 0 Å². The first-order valence-electron chi connectivity index (χ1n) is 15.3. The summed E-state index contributed by atoms with van der Waals surface area (Å²) in [6.45, 7) is 5.97. The molecule has 0 bridgehead atoms. The number of ether oxygens (including phenoxy) is 1. The standard InChI is InChI=1S/C32H40F2N6O5S.ClH/c1-3-5-6-28(37-32(42)38-29-17-25(31(35)41)26(33)18-27(29)34)22-13-15-40(16-14-22)20-21-7-12-30(36-19-21)45-24-10-8-23(9-11-24)39-46(43,44)4-2;/h7-12,17-19,22,28,39H,3-6,13-16,20H2,1-2H3,(H2,35,41)(H2,37,38,42);1H. The number of likely N-dealkylation sites (tertiary alicyclic amines) is 1. The third-order valence-electron chi connectivity index (χ3n) is 7.89. The molecule has 0 aliphatic carbocycles. The third kappa shape index (κ3) is 11.0. The second-order valence-electron chi connectivity index (χ2n) is 11.3. The fraction of sp³-hybridized carbons (Fsp3) is 0.406. The lowest BCUT2D eigenvalue weighted by Gasteiger charge is -2.36. The van der Waals surface area contributed by atoms with Crippen LogP contribution >= 0.6 is 12.4 Å². The van der Waals surface area contributed by atoms with Gasteiger partial charge in [-0.05, 0) is 81.1 Å². The highest BCUT2D eigenvalue weighted by Gasteiger charge is 2.28. The smallest absolute Gasteiger partial charge is 0.319 e. The fourth-order valence-corrected chi connectivity index (χ4v) is 5.95. The number of halogens is 3. The quantitative estimate of drug-likeness (QED) is 0.161. The van der Waals surface area contributed by atoms with E-state index in [-0.39, 0.29) is 35.8 Å². The number of aromatic nitrogens is 1. The van der Waals surface area contributed by atoms with Crippen molar-refractivity contribution in [1.29, 1.82) is 0 Å². The lowest BCUT2D eigenvalue weighted by atomic mass is 9.86. The Balaban J connectivity index is 0.00000600. The Hall–Kier alpha value is -4.01. The van der Waals surface area contributed by atoms with Gasteiger partial charge < -0.3 is 21.1 Å². The number of amides is 3. The molecule has 3 aromatic rings. The average molecular weight is 695 g/mol. The maximum absolute atomic E-state index is 14.3. The Labute approximate surface area is 280 Å². The molecule has 5 N–H and O–H groups in total. The Morgan fingerprint density at radius 2 is 1.77 bits per heavy atom. The maximum atomic E-state index is 14.3. The Bertz CT molecular complexity index is 1610. The van der Waals surface area contributed by atoms with Gasteiger partial charge in [-0.1, -0.05) is 25.8 Å². The van der Waals surface area contributed by atoms with E-state index < -0.39 is 39.2 Å². The molecule has 3 amide bonds. The van der Waals surface area contributed by atoms with E-state index in [4.69, 9.17) is 10.5 Å². The number of benzene rings is 2. The Morgan fingerprint density at radius 1 is 1.06 bits per heavy atom. The van der Waals surface area contributed by atoms with Crippen LogP contribution in [0.3, 0.4) is 0 Å². The summed E-state index contributed by atoms with van der Waals surface area (Å²) in [6.07, 6.45) is 6.08. The number of nitrogens with one attached hydrogen (secondary N) is 3. The van der Waals surface area contributed by atoms with Gasteiger partial charge in [0.05, 0.1) is 17.0 Å². The van der Waals surface area contributed by atoms with Crippen molar-refractivity contribution in [3.8, 4) is 11.6 Å². The summed E-state index contributed by atoms with van der Waals surface area (Å²) in [6, 6.07) is 11.0. The predicted molar refractivity (Wildman–Crippen MR) is 179 cm³/mol. The SMILES string of the molecule is CCCCC(NC(=O)Nc1cc(C(N)=O)c(F)cc1F)C1CCN(Cc2ccc(Oc3ccc(NS(=O)(=O)CC)cc3)nc2)CC1.Cl. The van der Waals surface area contributed by atoms with E-state index in [0.29, 0.717) is 29.9 Å². The first kappa shape index (κ1) is 37.4. The normalized spacial score (nSPS) is 14.5. The zero-order chi connectivity index (χ0) is 33.3. The van der Waals surface area contributed by atoms with Gasteiger partial charge in [-0.2, -0.15) is 0 Å². The number of hydrogen-bond acceptors (Lipinski definition) is 7. The van der Waals surface area contributed by atoms with Crippen molar-refractivity contribution >= 4 is 45.7 Å². The van der Waals surface area contributed by atoms with Crippen molar-refractivity contribution in [1.82, 2.24) is 15.2 Å². The molecule has 0 spiro atoms. The Morgan fingerprint density at radius 3 is 2.36 bits per heavy atom. The van der Waals surface area contributed by atoms with Gasteiger partial charge in [0, 0.05) is 36.6 Å². The number of primary amides is 1. The van der Waals surface area contributed by atoms with Gasteiger partial charge in [0.1, 0.15) is 17.4 Å². The zero-order valence-electron chi connectivity index (χ0n) is 26.3. The van der Waals surface area contributed by atoms with E-state index in [1.807, 2.05) is 6.07 Å². The van der Waals surface area contributed by atoms with Crippen molar-refractivity contribution in [2.45, 2.75) is 58.5 Å². The van der Waals surface area contributed by atoms with E-state index in [0.717, 1.165) is 56.8 Å². The number of sulfonamides is 1. The molecule has 2 heterocycles. The first-order chi connectivity index (χ1) is 22.0. The van der Waals surface area contributed by atoms with E-state index in [1.54, 1.807) is 43.5 Å². The number of pyridine rings is 1. The number of nitrogens with two attached hydrogens (primary N) is 1. The number of piperidine rings is 1. The molecule has 2 aromatic carbocycles. The van der Waals surface area contributed by atoms with Crippen molar-refractivity contribution in [2.24, 2.45) is 11.7 Å². The molecule has 1 aliphatic heterocycles. The first-order valence-corrected chi connectivity index (χ1v) is 16.9. The lowest BCUT2D eigenvalue weighted by Crippen LogP contribution is -2.46. The zero-order valence-corrected chi connectivity index (χ0v) is 27.9. The van der Waals surface area contributed by atoms with E-state index >= 15 is 0 Å². The molecule has 4 rings (SSSR count). The number of carbonyl (C=O) groups is 2. The number of carbonyl (C=O) groups excluding carboxylic acids is 2. The van der Waals surface area contributed by atoms with Gasteiger partial charge in [-0.25, -0.2) is 27.0 Å². The largest absolute Gasteiger partial charge is 0.439 e. The molecule has 15 heteroatoms. The van der Waals surface area contributed by atoms with Gasteiger partial charge >= 0.3 is 6.03 Å². The van der Waals surface area contributed by atoms with Crippen LogP contribution < -0.4 is 25.8 Å². The maximum Gasteiger partial charge on any atom is 0.319 e. The highest BCUT2D eigenvalue weighted by Crippen LogP contribution is 2.27. The van der Waals surface area contributed by atoms with Crippen LogP contribution in [0.5, 0.6) is 11.6 Å². The van der Waals surface area contributed by atoms with Gasteiger partial charge in [0.15, 0.2) is 0 Å². The summed E-state index contributed by atoms with van der Waals surface area (Å²) < 4.78 is 59.9. The van der Waals surface area contributed by atoms with Gasteiger partial charge in [0.25, 0.3) is 5.91 Å². The molecule has 0 saturated carbocycles. The van der Waals surface area contributed by atoms with Gasteiger partial charge in [-0.3, -0.25) is 14.4 Å². The van der Waals surface area contributed by atoms with Crippen molar-refractivity contribution in [3.05, 3.63) is 77.5 Å². The molecule has 0 radical (unpaired) electrons. The van der Waals surface area contributed by atoms with Crippen LogP contribution in [-0.2, 0) is 16.6 Å². The fourth-order valence-electron chi connectivity index (χ4n) is 5.31. The monoisotopic (exact) mass is 694 g/mol. The molecule has 1 atom stereocenters. The minimum Gasteiger partial charge on any atom is -0.439 e. The van der Waals surface area contributed by atoms with Crippen LogP contribution in [0.1, 0.15) is 61.9 Å². The summed E-state index contributed by atoms with van der Waals surface area (Å²) in [7, 11) is -3.35. The molecule has 1 aromatic heterocycles. The van der Waals surface area contributed by atoms with Crippen LogP contribution in [0, 0.1) is 17.6 Å². The number of hydrogen-bond donors (Lipinski definition) is 4. The molecule has 47 heavy (non-hydrogen) atoms. The number of rotatable bonds is 14. The van der Waals surface area contributed by atoms with E-state index in [1.165, 1.54) is 0 Å². The minimum atomic E-state index is -3.35. The molecular formula is C32H41ClF2N6O5S. The summed E-state index contributed by atoms with van der Waals surface area (Å²) in [5, 5.41) is 5.37. The number of unbranched alkanes of at least 4 members (excludes halogenated alkanes) is 1. The predicted octanol–water partition coefficient (Wildman–Crippen LogP) is 6.03. The van der Waals surface area contributed by atoms with Crippen LogP contribution in [0.25, 0.3) is 0 Å². The summed E-state index contributed by atoms with van der Waals surface area (Å²) in [4.78, 5) is 31.0.